The van der Waals surface area contributed by atoms with Crippen molar-refractivity contribution in [3.8, 4) is 5.75 Å². The van der Waals surface area contributed by atoms with Crippen molar-refractivity contribution in [3.05, 3.63) is 77.6 Å². The molecule has 9 heteroatoms. The van der Waals surface area contributed by atoms with Crippen LogP contribution in [0.25, 0.3) is 10.9 Å². The van der Waals surface area contributed by atoms with Crippen LogP contribution in [0.15, 0.2) is 60.8 Å². The van der Waals surface area contributed by atoms with Crippen LogP contribution in [0.2, 0.25) is 0 Å². The molecule has 1 atom stereocenters. The van der Waals surface area contributed by atoms with E-state index in [9.17, 15) is 14.7 Å². The van der Waals surface area contributed by atoms with Crippen molar-refractivity contribution in [1.82, 2.24) is 14.8 Å². The lowest BCUT2D eigenvalue weighted by Crippen LogP contribution is -2.24. The van der Waals surface area contributed by atoms with Gasteiger partial charge in [0.25, 0.3) is 0 Å². The summed E-state index contributed by atoms with van der Waals surface area (Å²) in [7, 11) is 0. The van der Waals surface area contributed by atoms with Crippen molar-refractivity contribution in [1.29, 1.82) is 0 Å². The number of ether oxygens (including phenoxy) is 1. The van der Waals surface area contributed by atoms with Crippen LogP contribution < -0.4 is 15.0 Å². The van der Waals surface area contributed by atoms with Crippen LogP contribution in [0, 0.1) is 0 Å². The molecule has 0 radical (unpaired) electrons. The minimum absolute atomic E-state index is 0.0954. The first-order valence-electron chi connectivity index (χ1n) is 13.5. The van der Waals surface area contributed by atoms with Gasteiger partial charge in [0.15, 0.2) is 0 Å². The first kappa shape index (κ1) is 24.9. The van der Waals surface area contributed by atoms with E-state index in [2.05, 4.69) is 22.5 Å². The van der Waals surface area contributed by atoms with E-state index in [4.69, 9.17) is 9.72 Å². The number of carbonyl (C=O) groups is 2. The van der Waals surface area contributed by atoms with Crippen LogP contribution >= 0.6 is 0 Å². The Bertz CT molecular complexity index is 1530. The fraction of sp³-hybridized carbons (Fsp3) is 0.333. The molecule has 1 amide bonds. The van der Waals surface area contributed by atoms with Gasteiger partial charge >= 0.3 is 5.97 Å². The van der Waals surface area contributed by atoms with E-state index in [0.717, 1.165) is 65.2 Å². The number of carboxylic acids is 1. The fourth-order valence-electron chi connectivity index (χ4n) is 5.48. The lowest BCUT2D eigenvalue weighted by atomic mass is 10.0. The van der Waals surface area contributed by atoms with Gasteiger partial charge in [0.2, 0.25) is 5.91 Å². The zero-order chi connectivity index (χ0) is 26.8. The molecule has 39 heavy (non-hydrogen) atoms. The number of carbonyl (C=O) groups excluding carboxylic acids is 1. The van der Waals surface area contributed by atoms with E-state index in [1.54, 1.807) is 15.8 Å². The van der Waals surface area contributed by atoms with Gasteiger partial charge in [0.05, 0.1) is 30.8 Å². The first-order chi connectivity index (χ1) is 19.0. The molecule has 2 aromatic carbocycles. The number of hydrogen-bond acceptors (Lipinski definition) is 6. The molecule has 0 spiro atoms. The van der Waals surface area contributed by atoms with Gasteiger partial charge in [-0.1, -0.05) is 18.2 Å². The predicted octanol–water partition coefficient (Wildman–Crippen LogP) is 4.60. The molecule has 1 saturated heterocycles. The Balaban J connectivity index is 1.19. The Morgan fingerprint density at radius 3 is 2.87 bits per heavy atom. The number of aryl methyl sites for hydroxylation is 1. The van der Waals surface area contributed by atoms with Crippen molar-refractivity contribution < 1.29 is 19.4 Å². The van der Waals surface area contributed by atoms with E-state index in [0.29, 0.717) is 26.0 Å². The van der Waals surface area contributed by atoms with Gasteiger partial charge in [-0.15, -0.1) is 0 Å². The monoisotopic (exact) mass is 525 g/mol. The van der Waals surface area contributed by atoms with Crippen molar-refractivity contribution in [2.45, 2.75) is 44.6 Å². The summed E-state index contributed by atoms with van der Waals surface area (Å²) in [6, 6.07) is 17.0. The number of rotatable bonds is 9. The van der Waals surface area contributed by atoms with Crippen molar-refractivity contribution in [3.63, 3.8) is 0 Å². The topological polar surface area (TPSA) is 110 Å². The van der Waals surface area contributed by atoms with Crippen molar-refractivity contribution >= 4 is 34.3 Å². The van der Waals surface area contributed by atoms with Crippen LogP contribution in [0.3, 0.4) is 0 Å². The second-order valence-electron chi connectivity index (χ2n) is 10.1. The van der Waals surface area contributed by atoms with E-state index < -0.39 is 12.0 Å². The van der Waals surface area contributed by atoms with Crippen LogP contribution in [0.5, 0.6) is 5.75 Å². The van der Waals surface area contributed by atoms with E-state index in [1.165, 1.54) is 5.56 Å². The highest BCUT2D eigenvalue weighted by atomic mass is 16.5. The maximum Gasteiger partial charge on any atom is 0.305 e. The van der Waals surface area contributed by atoms with Crippen LogP contribution in [-0.2, 0) is 22.4 Å². The molecule has 2 aromatic heterocycles. The molecule has 2 aliphatic heterocycles. The lowest BCUT2D eigenvalue weighted by molar-refractivity contribution is -0.137. The summed E-state index contributed by atoms with van der Waals surface area (Å²) in [6.45, 7) is 2.14. The molecule has 0 saturated carbocycles. The van der Waals surface area contributed by atoms with Gasteiger partial charge in [-0.3, -0.25) is 14.3 Å². The number of nitrogens with one attached hydrogen (secondary N) is 1. The number of anilines is 2. The lowest BCUT2D eigenvalue weighted by Gasteiger charge is -2.21. The summed E-state index contributed by atoms with van der Waals surface area (Å²) in [4.78, 5) is 30.6. The van der Waals surface area contributed by atoms with Gasteiger partial charge in [-0.2, -0.15) is 5.10 Å². The largest absolute Gasteiger partial charge is 0.493 e. The third-order valence-corrected chi connectivity index (χ3v) is 7.45. The minimum atomic E-state index is -0.919. The van der Waals surface area contributed by atoms with Gasteiger partial charge in [0, 0.05) is 42.7 Å². The Hall–Kier alpha value is -4.40. The summed E-state index contributed by atoms with van der Waals surface area (Å²) in [5.74, 6) is 0.888. The standard InChI is InChI=1S/C30H31N5O4/c36-28-7-3-14-34(28)24-6-1-4-21(16-24)27(18-29(37)38)35-26-11-10-25(17-22(26)19-32-35)39-15-12-23-9-8-20-5-2-13-31-30(20)33-23/h1,4,6,8-11,16-17,19,27H,2-3,5,7,12-15,18H2,(H,31,33)(H,37,38)/t27-/m1/s1. The normalized spacial score (nSPS) is 15.7. The quantitative estimate of drug-likeness (QED) is 0.329. The maximum absolute atomic E-state index is 12.3. The highest BCUT2D eigenvalue weighted by Gasteiger charge is 2.25. The second-order valence-corrected chi connectivity index (χ2v) is 10.1. The number of pyridine rings is 1. The molecule has 2 aliphatic rings. The molecule has 0 aliphatic carbocycles. The number of nitrogens with zero attached hydrogens (tertiary/aromatic N) is 4. The van der Waals surface area contributed by atoms with Crippen molar-refractivity contribution in [2.24, 2.45) is 0 Å². The van der Waals surface area contributed by atoms with Crippen molar-refractivity contribution in [2.75, 3.05) is 29.9 Å². The number of benzene rings is 2. The number of amides is 1. The molecule has 1 fully saturated rings. The van der Waals surface area contributed by atoms with E-state index in [1.807, 2.05) is 42.5 Å². The Labute approximate surface area is 226 Å². The SMILES string of the molecule is O=C(O)C[C@H](c1cccc(N2CCCC2=O)c1)n1ncc2cc(OCCc3ccc4c(n3)NCCC4)ccc21. The smallest absolute Gasteiger partial charge is 0.305 e. The molecule has 200 valence electrons. The molecular formula is C30H31N5O4. The number of hydrogen-bond donors (Lipinski definition) is 2. The fourth-order valence-corrected chi connectivity index (χ4v) is 5.48. The summed E-state index contributed by atoms with van der Waals surface area (Å²) < 4.78 is 7.79. The Kier molecular flexibility index (Phi) is 6.87. The van der Waals surface area contributed by atoms with Crippen LogP contribution in [0.1, 0.15) is 48.5 Å². The molecule has 4 heterocycles. The summed E-state index contributed by atoms with van der Waals surface area (Å²) in [6.07, 6.45) is 5.88. The Morgan fingerprint density at radius 1 is 1.10 bits per heavy atom. The average molecular weight is 526 g/mol. The molecule has 4 aromatic rings. The predicted molar refractivity (Wildman–Crippen MR) is 148 cm³/mol. The molecule has 6 rings (SSSR count). The van der Waals surface area contributed by atoms with E-state index >= 15 is 0 Å². The number of fused-ring (bicyclic) bond motifs is 2. The van der Waals surface area contributed by atoms with Gasteiger partial charge in [-0.25, -0.2) is 4.98 Å². The molecular weight excluding hydrogens is 494 g/mol. The highest BCUT2D eigenvalue weighted by molar-refractivity contribution is 5.95. The summed E-state index contributed by atoms with van der Waals surface area (Å²) in [5, 5.41) is 18.5. The minimum Gasteiger partial charge on any atom is -0.493 e. The highest BCUT2D eigenvalue weighted by Crippen LogP contribution is 2.31. The second kappa shape index (κ2) is 10.8. The van der Waals surface area contributed by atoms with Crippen LogP contribution in [-0.4, -0.2) is 51.4 Å². The molecule has 2 N–H and O–H groups in total. The van der Waals surface area contributed by atoms with Crippen LogP contribution in [0.4, 0.5) is 11.5 Å². The number of carboxylic acid groups (broad SMARTS) is 1. The zero-order valence-electron chi connectivity index (χ0n) is 21.7. The zero-order valence-corrected chi connectivity index (χ0v) is 21.7. The molecule has 9 nitrogen and oxygen atoms in total. The third-order valence-electron chi connectivity index (χ3n) is 7.45. The van der Waals surface area contributed by atoms with E-state index in [-0.39, 0.29) is 12.3 Å². The van der Waals surface area contributed by atoms with Gasteiger partial charge < -0.3 is 20.1 Å². The van der Waals surface area contributed by atoms with Gasteiger partial charge in [-0.05, 0) is 66.8 Å². The summed E-state index contributed by atoms with van der Waals surface area (Å²) >= 11 is 0. The number of aliphatic carboxylic acids is 1. The Morgan fingerprint density at radius 2 is 2.03 bits per heavy atom. The summed E-state index contributed by atoms with van der Waals surface area (Å²) in [5.41, 5.74) is 4.67. The molecule has 0 bridgehead atoms. The molecule has 0 unspecified atom stereocenters. The first-order valence-corrected chi connectivity index (χ1v) is 13.5. The number of aromatic nitrogens is 3. The average Bonchev–Trinajstić information content (AvgIpc) is 3.57. The van der Waals surface area contributed by atoms with Gasteiger partial charge in [0.1, 0.15) is 11.6 Å². The third kappa shape index (κ3) is 5.30. The maximum atomic E-state index is 12.3.